The summed E-state index contributed by atoms with van der Waals surface area (Å²) < 4.78 is 39.2. The minimum absolute atomic E-state index is 0. The van der Waals surface area contributed by atoms with E-state index < -0.39 is 18.6 Å². The molecular formula is C13H17BrClF3N2. The molecule has 2 rings (SSSR count). The fraction of sp³-hybridized carbons (Fsp3) is 0.538. The molecule has 0 aromatic heterocycles. The SMILES string of the molecule is Cl.FC(F)(F)C[C@@H](c1ccc(Br)cc1)N1CCNCC1. The molecule has 1 aliphatic heterocycles. The number of hydrogen-bond donors (Lipinski definition) is 1. The van der Waals surface area contributed by atoms with Crippen molar-refractivity contribution in [1.29, 1.82) is 0 Å². The Morgan fingerprint density at radius 2 is 1.70 bits per heavy atom. The van der Waals surface area contributed by atoms with Crippen molar-refractivity contribution < 1.29 is 13.2 Å². The summed E-state index contributed by atoms with van der Waals surface area (Å²) in [5.41, 5.74) is 0.724. The Labute approximate surface area is 131 Å². The van der Waals surface area contributed by atoms with Gasteiger partial charge in [0.25, 0.3) is 0 Å². The molecule has 1 saturated heterocycles. The molecule has 0 unspecified atom stereocenters. The number of nitrogens with zero attached hydrogens (tertiary/aromatic N) is 1. The van der Waals surface area contributed by atoms with Crippen molar-refractivity contribution in [2.45, 2.75) is 18.6 Å². The molecule has 0 bridgehead atoms. The molecule has 0 radical (unpaired) electrons. The van der Waals surface area contributed by atoms with E-state index in [1.54, 1.807) is 24.3 Å². The second-order valence-corrected chi connectivity index (χ2v) is 5.59. The van der Waals surface area contributed by atoms with Crippen LogP contribution < -0.4 is 5.32 Å². The number of halogens is 5. The summed E-state index contributed by atoms with van der Waals surface area (Å²) >= 11 is 3.31. The highest BCUT2D eigenvalue weighted by atomic mass is 79.9. The van der Waals surface area contributed by atoms with E-state index in [1.807, 2.05) is 4.90 Å². The first-order chi connectivity index (χ1) is 8.96. The third-order valence-corrected chi connectivity index (χ3v) is 3.80. The standard InChI is InChI=1S/C13H16BrF3N2.ClH/c14-11-3-1-10(2-4-11)12(9-13(15,16)17)19-7-5-18-6-8-19;/h1-4,12,18H,5-9H2;1H/t12-;/m0./s1. The van der Waals surface area contributed by atoms with Crippen LogP contribution in [0.5, 0.6) is 0 Å². The zero-order valence-electron chi connectivity index (χ0n) is 10.8. The molecule has 1 fully saturated rings. The Morgan fingerprint density at radius 1 is 1.15 bits per heavy atom. The number of benzene rings is 1. The van der Waals surface area contributed by atoms with Crippen LogP contribution in [0.2, 0.25) is 0 Å². The van der Waals surface area contributed by atoms with Crippen molar-refractivity contribution in [1.82, 2.24) is 10.2 Å². The lowest BCUT2D eigenvalue weighted by Crippen LogP contribution is -2.46. The fourth-order valence-electron chi connectivity index (χ4n) is 2.36. The van der Waals surface area contributed by atoms with Crippen molar-refractivity contribution in [2.75, 3.05) is 26.2 Å². The van der Waals surface area contributed by atoms with Gasteiger partial charge in [-0.05, 0) is 17.7 Å². The summed E-state index contributed by atoms with van der Waals surface area (Å²) in [5.74, 6) is 0. The lowest BCUT2D eigenvalue weighted by Gasteiger charge is -2.35. The van der Waals surface area contributed by atoms with Gasteiger partial charge >= 0.3 is 6.18 Å². The summed E-state index contributed by atoms with van der Waals surface area (Å²) in [6, 6.07) is 6.53. The Balaban J connectivity index is 0.00000200. The molecule has 1 N–H and O–H groups in total. The summed E-state index contributed by atoms with van der Waals surface area (Å²) in [5, 5.41) is 3.16. The summed E-state index contributed by atoms with van der Waals surface area (Å²) in [6.45, 7) is 2.78. The van der Waals surface area contributed by atoms with E-state index in [2.05, 4.69) is 21.2 Å². The Bertz CT molecular complexity index is 405. The lowest BCUT2D eigenvalue weighted by atomic mass is 10.0. The van der Waals surface area contributed by atoms with E-state index in [4.69, 9.17) is 0 Å². The molecule has 114 valence electrons. The van der Waals surface area contributed by atoms with Crippen LogP contribution >= 0.6 is 28.3 Å². The van der Waals surface area contributed by atoms with Crippen LogP contribution in [0, 0.1) is 0 Å². The fourth-order valence-corrected chi connectivity index (χ4v) is 2.62. The maximum Gasteiger partial charge on any atom is 0.390 e. The van der Waals surface area contributed by atoms with Crippen LogP contribution in [0.1, 0.15) is 18.0 Å². The van der Waals surface area contributed by atoms with E-state index >= 15 is 0 Å². The third kappa shape index (κ3) is 5.24. The molecule has 1 aromatic carbocycles. The van der Waals surface area contributed by atoms with Crippen LogP contribution in [0.25, 0.3) is 0 Å². The highest BCUT2D eigenvalue weighted by Crippen LogP contribution is 2.34. The minimum Gasteiger partial charge on any atom is -0.314 e. The predicted molar refractivity (Wildman–Crippen MR) is 79.2 cm³/mol. The van der Waals surface area contributed by atoms with Crippen molar-refractivity contribution in [3.05, 3.63) is 34.3 Å². The first kappa shape index (κ1) is 17.8. The lowest BCUT2D eigenvalue weighted by molar-refractivity contribution is -0.148. The van der Waals surface area contributed by atoms with Crippen molar-refractivity contribution in [3.8, 4) is 0 Å². The molecular weight excluding hydrogens is 357 g/mol. The molecule has 0 saturated carbocycles. The predicted octanol–water partition coefficient (Wildman–Crippen LogP) is 3.77. The van der Waals surface area contributed by atoms with E-state index in [1.165, 1.54) is 0 Å². The Kier molecular flexibility index (Phi) is 6.78. The molecule has 0 aliphatic carbocycles. The Hall–Kier alpha value is -0.300. The highest BCUT2D eigenvalue weighted by molar-refractivity contribution is 9.10. The molecule has 1 heterocycles. The number of alkyl halides is 3. The van der Waals surface area contributed by atoms with E-state index in [0.717, 1.165) is 23.1 Å². The monoisotopic (exact) mass is 372 g/mol. The van der Waals surface area contributed by atoms with Gasteiger partial charge in [0.2, 0.25) is 0 Å². The number of piperazine rings is 1. The van der Waals surface area contributed by atoms with Gasteiger partial charge in [-0.1, -0.05) is 28.1 Å². The maximum atomic E-state index is 12.8. The van der Waals surface area contributed by atoms with Crippen molar-refractivity contribution in [2.24, 2.45) is 0 Å². The molecule has 20 heavy (non-hydrogen) atoms. The molecule has 1 aliphatic rings. The van der Waals surface area contributed by atoms with Gasteiger partial charge < -0.3 is 5.32 Å². The minimum atomic E-state index is -4.15. The average Bonchev–Trinajstić information content (AvgIpc) is 2.37. The van der Waals surface area contributed by atoms with E-state index in [0.29, 0.717) is 13.1 Å². The molecule has 1 aromatic rings. The van der Waals surface area contributed by atoms with Crippen LogP contribution in [0.15, 0.2) is 28.7 Å². The van der Waals surface area contributed by atoms with E-state index in [9.17, 15) is 13.2 Å². The average molecular weight is 374 g/mol. The summed E-state index contributed by atoms with van der Waals surface area (Å²) in [6.07, 6.45) is -4.95. The molecule has 2 nitrogen and oxygen atoms in total. The first-order valence-corrected chi connectivity index (χ1v) is 7.02. The largest absolute Gasteiger partial charge is 0.390 e. The third-order valence-electron chi connectivity index (χ3n) is 3.27. The topological polar surface area (TPSA) is 15.3 Å². The van der Waals surface area contributed by atoms with Gasteiger partial charge in [-0.2, -0.15) is 13.2 Å². The first-order valence-electron chi connectivity index (χ1n) is 6.23. The van der Waals surface area contributed by atoms with Crippen LogP contribution in [0.3, 0.4) is 0 Å². The second-order valence-electron chi connectivity index (χ2n) is 4.67. The van der Waals surface area contributed by atoms with Gasteiger partial charge in [-0.15, -0.1) is 12.4 Å². The van der Waals surface area contributed by atoms with Crippen LogP contribution in [0.4, 0.5) is 13.2 Å². The molecule has 0 spiro atoms. The molecule has 7 heteroatoms. The maximum absolute atomic E-state index is 12.8. The van der Waals surface area contributed by atoms with Gasteiger partial charge in [0, 0.05) is 36.7 Å². The highest BCUT2D eigenvalue weighted by Gasteiger charge is 2.35. The normalized spacial score (nSPS) is 18.4. The van der Waals surface area contributed by atoms with Gasteiger partial charge in [-0.25, -0.2) is 0 Å². The zero-order valence-corrected chi connectivity index (χ0v) is 13.2. The van der Waals surface area contributed by atoms with E-state index in [-0.39, 0.29) is 12.4 Å². The molecule has 0 amide bonds. The second kappa shape index (κ2) is 7.64. The van der Waals surface area contributed by atoms with Gasteiger partial charge in [0.05, 0.1) is 6.42 Å². The Morgan fingerprint density at radius 3 is 2.20 bits per heavy atom. The summed E-state index contributed by atoms with van der Waals surface area (Å²) in [4.78, 5) is 1.91. The smallest absolute Gasteiger partial charge is 0.314 e. The van der Waals surface area contributed by atoms with Gasteiger partial charge in [0.15, 0.2) is 0 Å². The number of rotatable bonds is 3. The van der Waals surface area contributed by atoms with Crippen LogP contribution in [-0.2, 0) is 0 Å². The number of hydrogen-bond acceptors (Lipinski definition) is 2. The van der Waals surface area contributed by atoms with Crippen molar-refractivity contribution in [3.63, 3.8) is 0 Å². The molecule has 1 atom stereocenters. The quantitative estimate of drug-likeness (QED) is 0.868. The van der Waals surface area contributed by atoms with Gasteiger partial charge in [0.1, 0.15) is 0 Å². The van der Waals surface area contributed by atoms with Crippen molar-refractivity contribution >= 4 is 28.3 Å². The summed E-state index contributed by atoms with van der Waals surface area (Å²) in [7, 11) is 0. The zero-order chi connectivity index (χ0) is 13.9. The number of nitrogens with one attached hydrogen (secondary N) is 1. The van der Waals surface area contributed by atoms with Crippen LogP contribution in [-0.4, -0.2) is 37.3 Å². The van der Waals surface area contributed by atoms with Gasteiger partial charge in [-0.3, -0.25) is 4.90 Å².